The van der Waals surface area contributed by atoms with Crippen LogP contribution in [0, 0.1) is 0 Å². The Morgan fingerprint density at radius 1 is 1.10 bits per heavy atom. The molecule has 4 aromatic rings. The zero-order valence-corrected chi connectivity index (χ0v) is 15.9. The number of hydrogen-bond donors (Lipinski definition) is 1. The SMILES string of the molecule is O=c1c(Cl)c(NCCc2nnc3ccccn23)cnn1-c1ccc(C(F)(F)F)cn1. The summed E-state index contributed by atoms with van der Waals surface area (Å²) >= 11 is 6.13. The predicted molar refractivity (Wildman–Crippen MR) is 103 cm³/mol. The lowest BCUT2D eigenvalue weighted by Crippen LogP contribution is -2.24. The molecule has 0 atom stereocenters. The molecule has 154 valence electrons. The molecule has 4 heterocycles. The monoisotopic (exact) mass is 435 g/mol. The van der Waals surface area contributed by atoms with Crippen LogP contribution in [0.25, 0.3) is 11.5 Å². The number of alkyl halides is 3. The van der Waals surface area contributed by atoms with Gasteiger partial charge in [-0.05, 0) is 24.3 Å². The third-order valence-electron chi connectivity index (χ3n) is 4.26. The van der Waals surface area contributed by atoms with Gasteiger partial charge in [-0.2, -0.15) is 23.0 Å². The Hall–Kier alpha value is -3.47. The number of halogens is 4. The quantitative estimate of drug-likeness (QED) is 0.518. The Bertz CT molecular complexity index is 1250. The zero-order valence-electron chi connectivity index (χ0n) is 15.1. The van der Waals surface area contributed by atoms with Crippen molar-refractivity contribution in [1.82, 2.24) is 29.4 Å². The van der Waals surface area contributed by atoms with Gasteiger partial charge in [0.05, 0.1) is 17.4 Å². The van der Waals surface area contributed by atoms with Crippen LogP contribution in [-0.4, -0.2) is 35.9 Å². The molecule has 0 aliphatic heterocycles. The summed E-state index contributed by atoms with van der Waals surface area (Å²) in [5.74, 6) is 0.654. The predicted octanol–water partition coefficient (Wildman–Crippen LogP) is 3.00. The van der Waals surface area contributed by atoms with Gasteiger partial charge in [0.15, 0.2) is 11.5 Å². The van der Waals surface area contributed by atoms with Crippen LogP contribution in [0.15, 0.2) is 53.7 Å². The summed E-state index contributed by atoms with van der Waals surface area (Å²) in [4.78, 5) is 16.1. The van der Waals surface area contributed by atoms with Crippen molar-refractivity contribution in [2.24, 2.45) is 0 Å². The van der Waals surface area contributed by atoms with E-state index in [4.69, 9.17) is 11.6 Å². The average Bonchev–Trinajstić information content (AvgIpc) is 3.14. The molecule has 0 aliphatic rings. The third-order valence-corrected chi connectivity index (χ3v) is 4.62. The molecule has 8 nitrogen and oxygen atoms in total. The molecule has 4 aromatic heterocycles. The van der Waals surface area contributed by atoms with E-state index in [1.807, 2.05) is 28.8 Å². The summed E-state index contributed by atoms with van der Waals surface area (Å²) in [5.41, 5.74) is -0.621. The fraction of sp³-hybridized carbons (Fsp3) is 0.167. The van der Waals surface area contributed by atoms with Gasteiger partial charge in [-0.3, -0.25) is 9.20 Å². The molecule has 0 saturated heterocycles. The van der Waals surface area contributed by atoms with E-state index in [1.165, 1.54) is 6.20 Å². The second-order valence-electron chi connectivity index (χ2n) is 6.21. The average molecular weight is 436 g/mol. The van der Waals surface area contributed by atoms with Gasteiger partial charge in [0, 0.05) is 25.4 Å². The number of hydrogen-bond acceptors (Lipinski definition) is 6. The minimum Gasteiger partial charge on any atom is -0.382 e. The van der Waals surface area contributed by atoms with Crippen LogP contribution >= 0.6 is 11.6 Å². The highest BCUT2D eigenvalue weighted by Crippen LogP contribution is 2.28. The van der Waals surface area contributed by atoms with E-state index in [2.05, 4.69) is 25.6 Å². The molecular weight excluding hydrogens is 423 g/mol. The molecular formula is C18H13ClF3N7O. The maximum Gasteiger partial charge on any atom is 0.417 e. The van der Waals surface area contributed by atoms with Crippen LogP contribution in [0.3, 0.4) is 0 Å². The second kappa shape index (κ2) is 7.75. The van der Waals surface area contributed by atoms with Crippen molar-refractivity contribution >= 4 is 22.9 Å². The normalized spacial score (nSPS) is 11.7. The van der Waals surface area contributed by atoms with Crippen molar-refractivity contribution in [3.63, 3.8) is 0 Å². The molecule has 0 unspecified atom stereocenters. The van der Waals surface area contributed by atoms with E-state index in [-0.39, 0.29) is 10.8 Å². The van der Waals surface area contributed by atoms with Gasteiger partial charge in [0.2, 0.25) is 0 Å². The van der Waals surface area contributed by atoms with Crippen LogP contribution in [0.5, 0.6) is 0 Å². The van der Waals surface area contributed by atoms with Gasteiger partial charge < -0.3 is 5.32 Å². The Kier molecular flexibility index (Phi) is 5.12. The van der Waals surface area contributed by atoms with Gasteiger partial charge in [-0.25, -0.2) is 4.98 Å². The highest BCUT2D eigenvalue weighted by atomic mass is 35.5. The van der Waals surface area contributed by atoms with Crippen molar-refractivity contribution in [3.8, 4) is 5.82 Å². The number of aromatic nitrogens is 6. The van der Waals surface area contributed by atoms with Gasteiger partial charge in [-0.1, -0.05) is 17.7 Å². The molecule has 0 radical (unpaired) electrons. The summed E-state index contributed by atoms with van der Waals surface area (Å²) in [5, 5.41) is 15.0. The number of fused-ring (bicyclic) bond motifs is 1. The van der Waals surface area contributed by atoms with E-state index in [1.54, 1.807) is 0 Å². The van der Waals surface area contributed by atoms with Crippen LogP contribution in [0.2, 0.25) is 5.02 Å². The maximum absolute atomic E-state index is 12.7. The third kappa shape index (κ3) is 3.83. The molecule has 0 bridgehead atoms. The van der Waals surface area contributed by atoms with E-state index in [0.29, 0.717) is 24.8 Å². The van der Waals surface area contributed by atoms with Gasteiger partial charge in [0.25, 0.3) is 5.56 Å². The number of rotatable bonds is 5. The first-order chi connectivity index (χ1) is 14.3. The fourth-order valence-electron chi connectivity index (χ4n) is 2.77. The second-order valence-corrected chi connectivity index (χ2v) is 6.59. The van der Waals surface area contributed by atoms with Gasteiger partial charge in [-0.15, -0.1) is 10.2 Å². The summed E-state index contributed by atoms with van der Waals surface area (Å²) in [6, 6.07) is 7.43. The van der Waals surface area contributed by atoms with Crippen LogP contribution < -0.4 is 10.9 Å². The Labute approximate surface area is 172 Å². The first kappa shape index (κ1) is 19.8. The largest absolute Gasteiger partial charge is 0.417 e. The molecule has 12 heteroatoms. The fourth-order valence-corrected chi connectivity index (χ4v) is 2.96. The Balaban J connectivity index is 1.49. The minimum atomic E-state index is -4.52. The topological polar surface area (TPSA) is 90.0 Å². The molecule has 1 N–H and O–H groups in total. The van der Waals surface area contributed by atoms with Crippen LogP contribution in [0.1, 0.15) is 11.4 Å². The highest BCUT2D eigenvalue weighted by Gasteiger charge is 2.30. The highest BCUT2D eigenvalue weighted by molar-refractivity contribution is 6.32. The minimum absolute atomic E-state index is 0.0728. The first-order valence-corrected chi connectivity index (χ1v) is 9.06. The van der Waals surface area contributed by atoms with Crippen LogP contribution in [-0.2, 0) is 12.6 Å². The summed E-state index contributed by atoms with van der Waals surface area (Å²) in [6.07, 6.45) is -0.231. The van der Waals surface area contributed by atoms with Gasteiger partial charge >= 0.3 is 6.18 Å². The molecule has 0 aromatic carbocycles. The molecule has 0 spiro atoms. The van der Waals surface area contributed by atoms with Crippen molar-refractivity contribution < 1.29 is 13.2 Å². The Morgan fingerprint density at radius 3 is 2.67 bits per heavy atom. The van der Waals surface area contributed by atoms with Crippen molar-refractivity contribution in [2.75, 3.05) is 11.9 Å². The maximum atomic E-state index is 12.7. The van der Waals surface area contributed by atoms with Crippen molar-refractivity contribution in [3.05, 3.63) is 75.7 Å². The van der Waals surface area contributed by atoms with E-state index < -0.39 is 17.3 Å². The molecule has 30 heavy (non-hydrogen) atoms. The molecule has 0 amide bonds. The summed E-state index contributed by atoms with van der Waals surface area (Å²) < 4.78 is 40.7. The lowest BCUT2D eigenvalue weighted by atomic mass is 10.3. The lowest BCUT2D eigenvalue weighted by Gasteiger charge is -2.10. The van der Waals surface area contributed by atoms with Gasteiger partial charge in [0.1, 0.15) is 10.8 Å². The van der Waals surface area contributed by atoms with E-state index >= 15 is 0 Å². The lowest BCUT2D eigenvalue weighted by molar-refractivity contribution is -0.137. The first-order valence-electron chi connectivity index (χ1n) is 8.68. The van der Waals surface area contributed by atoms with Crippen molar-refractivity contribution in [2.45, 2.75) is 12.6 Å². The number of nitrogens with one attached hydrogen (secondary N) is 1. The zero-order chi connectivity index (χ0) is 21.3. The summed E-state index contributed by atoms with van der Waals surface area (Å²) in [7, 11) is 0. The smallest absolute Gasteiger partial charge is 0.382 e. The molecule has 0 fully saturated rings. The molecule has 4 rings (SSSR count). The van der Waals surface area contributed by atoms with E-state index in [0.717, 1.165) is 28.3 Å². The van der Waals surface area contributed by atoms with Crippen molar-refractivity contribution in [1.29, 1.82) is 0 Å². The summed E-state index contributed by atoms with van der Waals surface area (Å²) in [6.45, 7) is 0.402. The van der Waals surface area contributed by atoms with E-state index in [9.17, 15) is 18.0 Å². The Morgan fingerprint density at radius 2 is 1.93 bits per heavy atom. The van der Waals surface area contributed by atoms with Crippen LogP contribution in [0.4, 0.5) is 18.9 Å². The number of pyridine rings is 2. The number of nitrogens with zero attached hydrogens (tertiary/aromatic N) is 6. The molecule has 0 aliphatic carbocycles. The standard InChI is InChI=1S/C18H13ClF3N7O/c19-16-12(23-7-6-15-27-26-14-3-1-2-8-28(14)15)10-25-29(17(16)30)13-5-4-11(9-24-13)18(20,21)22/h1-5,8-10,23H,6-7H2. The number of anilines is 1. The molecule has 0 saturated carbocycles.